The predicted octanol–water partition coefficient (Wildman–Crippen LogP) is 4.17. The Bertz CT molecular complexity index is 457. The molecular formula is C15H20BrNO2. The van der Waals surface area contributed by atoms with Gasteiger partial charge in [0.25, 0.3) is 0 Å². The van der Waals surface area contributed by atoms with Gasteiger partial charge in [0.05, 0.1) is 5.69 Å². The summed E-state index contributed by atoms with van der Waals surface area (Å²) >= 11 is 3.56. The standard InChI is InChI=1S/C15H20BrNO2/c1-3-5-10-17(4-2)14-8-6-12(11-13(14)16)7-9-15(18)19/h6-9,11H,3-5,10H2,1-2H3,(H,18,19)/b9-7+. The number of nitrogens with zero attached hydrogens (tertiary/aromatic N) is 1. The molecule has 0 aliphatic rings. The van der Waals surface area contributed by atoms with Crippen molar-refractivity contribution in [2.75, 3.05) is 18.0 Å². The number of carbonyl (C=O) groups is 1. The Kier molecular flexibility index (Phi) is 6.64. The topological polar surface area (TPSA) is 40.5 Å². The summed E-state index contributed by atoms with van der Waals surface area (Å²) in [4.78, 5) is 12.8. The van der Waals surface area contributed by atoms with E-state index in [2.05, 4.69) is 34.7 Å². The van der Waals surface area contributed by atoms with E-state index < -0.39 is 5.97 Å². The monoisotopic (exact) mass is 325 g/mol. The molecule has 0 heterocycles. The molecular weight excluding hydrogens is 306 g/mol. The lowest BCUT2D eigenvalue weighted by molar-refractivity contribution is -0.131. The lowest BCUT2D eigenvalue weighted by Gasteiger charge is -2.24. The van der Waals surface area contributed by atoms with Gasteiger partial charge in [0.15, 0.2) is 0 Å². The van der Waals surface area contributed by atoms with Crippen LogP contribution in [-0.2, 0) is 4.79 Å². The fourth-order valence-electron chi connectivity index (χ4n) is 1.85. The van der Waals surface area contributed by atoms with Crippen molar-refractivity contribution in [1.82, 2.24) is 0 Å². The fraction of sp³-hybridized carbons (Fsp3) is 0.400. The first kappa shape index (κ1) is 15.8. The molecule has 0 amide bonds. The Labute approximate surface area is 123 Å². The maximum Gasteiger partial charge on any atom is 0.328 e. The van der Waals surface area contributed by atoms with E-state index in [4.69, 9.17) is 5.11 Å². The zero-order chi connectivity index (χ0) is 14.3. The molecule has 1 aromatic rings. The van der Waals surface area contributed by atoms with Crippen molar-refractivity contribution < 1.29 is 9.90 Å². The van der Waals surface area contributed by atoms with E-state index in [9.17, 15) is 4.79 Å². The Balaban J connectivity index is 2.89. The molecule has 0 aliphatic heterocycles. The lowest BCUT2D eigenvalue weighted by Crippen LogP contribution is -2.24. The predicted molar refractivity (Wildman–Crippen MR) is 83.6 cm³/mol. The molecule has 0 fully saturated rings. The highest BCUT2D eigenvalue weighted by Gasteiger charge is 2.08. The molecule has 0 aliphatic carbocycles. The molecule has 0 saturated carbocycles. The number of benzene rings is 1. The Morgan fingerprint density at radius 3 is 2.68 bits per heavy atom. The van der Waals surface area contributed by atoms with Gasteiger partial charge in [-0.15, -0.1) is 0 Å². The molecule has 19 heavy (non-hydrogen) atoms. The average molecular weight is 326 g/mol. The normalized spacial score (nSPS) is 10.9. The van der Waals surface area contributed by atoms with Gasteiger partial charge in [-0.3, -0.25) is 0 Å². The van der Waals surface area contributed by atoms with E-state index in [0.29, 0.717) is 0 Å². The van der Waals surface area contributed by atoms with Crippen molar-refractivity contribution in [1.29, 1.82) is 0 Å². The van der Waals surface area contributed by atoms with E-state index in [1.807, 2.05) is 18.2 Å². The summed E-state index contributed by atoms with van der Waals surface area (Å²) in [6.45, 7) is 6.32. The Morgan fingerprint density at radius 1 is 1.42 bits per heavy atom. The van der Waals surface area contributed by atoms with E-state index in [-0.39, 0.29) is 0 Å². The number of rotatable bonds is 7. The molecule has 0 unspecified atom stereocenters. The molecule has 0 radical (unpaired) electrons. The molecule has 0 aromatic heterocycles. The summed E-state index contributed by atoms with van der Waals surface area (Å²) in [5.74, 6) is -0.932. The second-order valence-corrected chi connectivity index (χ2v) is 5.17. The number of hydrogen-bond donors (Lipinski definition) is 1. The average Bonchev–Trinajstić information content (AvgIpc) is 2.39. The van der Waals surface area contributed by atoms with E-state index in [1.165, 1.54) is 12.8 Å². The van der Waals surface area contributed by atoms with E-state index in [1.54, 1.807) is 6.08 Å². The third kappa shape index (κ3) is 5.07. The van der Waals surface area contributed by atoms with Gasteiger partial charge in [0, 0.05) is 23.6 Å². The highest BCUT2D eigenvalue weighted by Crippen LogP contribution is 2.28. The van der Waals surface area contributed by atoms with Crippen LogP contribution in [0.25, 0.3) is 6.08 Å². The van der Waals surface area contributed by atoms with Crippen molar-refractivity contribution in [3.05, 3.63) is 34.3 Å². The number of aliphatic carboxylic acids is 1. The minimum atomic E-state index is -0.932. The Morgan fingerprint density at radius 2 is 2.16 bits per heavy atom. The molecule has 0 atom stereocenters. The number of carboxylic acids is 1. The van der Waals surface area contributed by atoms with Gasteiger partial charge in [0.2, 0.25) is 0 Å². The molecule has 104 valence electrons. The second kappa shape index (κ2) is 8.00. The number of anilines is 1. The highest BCUT2D eigenvalue weighted by molar-refractivity contribution is 9.10. The second-order valence-electron chi connectivity index (χ2n) is 4.32. The van der Waals surface area contributed by atoms with Gasteiger partial charge in [0.1, 0.15) is 0 Å². The summed E-state index contributed by atoms with van der Waals surface area (Å²) < 4.78 is 0.998. The number of hydrogen-bond acceptors (Lipinski definition) is 2. The van der Waals surface area contributed by atoms with Crippen LogP contribution in [0.3, 0.4) is 0 Å². The van der Waals surface area contributed by atoms with Crippen LogP contribution in [-0.4, -0.2) is 24.2 Å². The molecule has 1 N–H and O–H groups in total. The van der Waals surface area contributed by atoms with Crippen LogP contribution >= 0.6 is 15.9 Å². The molecule has 0 spiro atoms. The fourth-order valence-corrected chi connectivity index (χ4v) is 2.50. The minimum absolute atomic E-state index is 0.879. The van der Waals surface area contributed by atoms with Crippen LogP contribution in [0.4, 0.5) is 5.69 Å². The van der Waals surface area contributed by atoms with Crippen LogP contribution in [0, 0.1) is 0 Å². The van der Waals surface area contributed by atoms with Gasteiger partial charge in [-0.2, -0.15) is 0 Å². The van der Waals surface area contributed by atoms with Crippen molar-refractivity contribution in [2.24, 2.45) is 0 Å². The summed E-state index contributed by atoms with van der Waals surface area (Å²) in [7, 11) is 0. The van der Waals surface area contributed by atoms with Gasteiger partial charge in [-0.05, 0) is 53.0 Å². The van der Waals surface area contributed by atoms with Gasteiger partial charge < -0.3 is 10.0 Å². The van der Waals surface area contributed by atoms with Gasteiger partial charge >= 0.3 is 5.97 Å². The minimum Gasteiger partial charge on any atom is -0.478 e. The van der Waals surface area contributed by atoms with Crippen LogP contribution in [0.15, 0.2) is 28.7 Å². The molecule has 0 bridgehead atoms. The first-order valence-corrected chi connectivity index (χ1v) is 7.33. The highest BCUT2D eigenvalue weighted by atomic mass is 79.9. The third-order valence-electron chi connectivity index (χ3n) is 2.89. The van der Waals surface area contributed by atoms with Crippen LogP contribution in [0.1, 0.15) is 32.3 Å². The molecule has 3 nitrogen and oxygen atoms in total. The quantitative estimate of drug-likeness (QED) is 0.765. The first-order valence-electron chi connectivity index (χ1n) is 6.54. The van der Waals surface area contributed by atoms with Crippen molar-refractivity contribution in [3.63, 3.8) is 0 Å². The summed E-state index contributed by atoms with van der Waals surface area (Å²) in [6, 6.07) is 5.92. The third-order valence-corrected chi connectivity index (χ3v) is 3.53. The van der Waals surface area contributed by atoms with Crippen LogP contribution in [0.2, 0.25) is 0 Å². The van der Waals surface area contributed by atoms with Crippen LogP contribution in [0.5, 0.6) is 0 Å². The summed E-state index contributed by atoms with van der Waals surface area (Å²) in [5, 5.41) is 8.62. The zero-order valence-electron chi connectivity index (χ0n) is 11.4. The molecule has 4 heteroatoms. The maximum absolute atomic E-state index is 10.5. The molecule has 1 aromatic carbocycles. The van der Waals surface area contributed by atoms with E-state index >= 15 is 0 Å². The summed E-state index contributed by atoms with van der Waals surface area (Å²) in [6.07, 6.45) is 5.09. The van der Waals surface area contributed by atoms with Crippen molar-refractivity contribution in [3.8, 4) is 0 Å². The SMILES string of the molecule is CCCCN(CC)c1ccc(/C=C/C(=O)O)cc1Br. The Hall–Kier alpha value is -1.29. The lowest BCUT2D eigenvalue weighted by atomic mass is 10.1. The largest absolute Gasteiger partial charge is 0.478 e. The number of halogens is 1. The summed E-state index contributed by atoms with van der Waals surface area (Å²) in [5.41, 5.74) is 2.04. The van der Waals surface area contributed by atoms with Crippen molar-refractivity contribution >= 4 is 33.7 Å². The van der Waals surface area contributed by atoms with Gasteiger partial charge in [-0.1, -0.05) is 19.4 Å². The zero-order valence-corrected chi connectivity index (χ0v) is 13.0. The maximum atomic E-state index is 10.5. The van der Waals surface area contributed by atoms with Crippen LogP contribution < -0.4 is 4.90 Å². The number of carboxylic acid groups (broad SMARTS) is 1. The van der Waals surface area contributed by atoms with Crippen molar-refractivity contribution in [2.45, 2.75) is 26.7 Å². The van der Waals surface area contributed by atoms with Gasteiger partial charge in [-0.25, -0.2) is 4.79 Å². The van der Waals surface area contributed by atoms with E-state index in [0.717, 1.165) is 34.9 Å². The number of unbranched alkanes of at least 4 members (excludes halogenated alkanes) is 1. The smallest absolute Gasteiger partial charge is 0.328 e. The first-order chi connectivity index (χ1) is 9.08. The molecule has 1 rings (SSSR count). The molecule has 0 saturated heterocycles.